The van der Waals surface area contributed by atoms with Gasteiger partial charge in [-0.1, -0.05) is 0 Å². The Kier molecular flexibility index (Phi) is 5.44. The van der Waals surface area contributed by atoms with Crippen molar-refractivity contribution in [2.45, 2.75) is 51.2 Å². The minimum Gasteiger partial charge on any atom is -0.485 e. The van der Waals surface area contributed by atoms with Crippen molar-refractivity contribution >= 4 is 33.8 Å². The van der Waals surface area contributed by atoms with Gasteiger partial charge in [0.15, 0.2) is 5.78 Å². The second-order valence-electron chi connectivity index (χ2n) is 8.18. The number of hydrogen-bond donors (Lipinski definition) is 0. The Morgan fingerprint density at radius 3 is 2.43 bits per heavy atom. The minimum atomic E-state index is -0.655. The van der Waals surface area contributed by atoms with E-state index in [0.717, 1.165) is 0 Å². The fourth-order valence-corrected chi connectivity index (χ4v) is 4.02. The number of methoxy groups -OCH3 is 1. The smallest absolute Gasteiger partial charge is 0.410 e. The van der Waals surface area contributed by atoms with E-state index in [-0.39, 0.29) is 18.3 Å². The molecule has 3 rings (SSSR count). The molecule has 1 aromatic rings. The van der Waals surface area contributed by atoms with E-state index < -0.39 is 17.2 Å². The second kappa shape index (κ2) is 7.39. The molecule has 0 saturated carbocycles. The predicted molar refractivity (Wildman–Crippen MR) is 105 cm³/mol. The number of ether oxygens (including phenoxy) is 3. The zero-order valence-corrected chi connectivity index (χ0v) is 18.1. The van der Waals surface area contributed by atoms with E-state index >= 15 is 0 Å². The zero-order valence-electron chi connectivity index (χ0n) is 16.5. The van der Waals surface area contributed by atoms with Gasteiger partial charge in [-0.05, 0) is 48.8 Å². The summed E-state index contributed by atoms with van der Waals surface area (Å²) >= 11 is 3.41. The zero-order chi connectivity index (χ0) is 20.7. The molecule has 0 atom stereocenters. The minimum absolute atomic E-state index is 0.0848. The summed E-state index contributed by atoms with van der Waals surface area (Å²) in [6.45, 7) is 6.40. The molecule has 1 aromatic carbocycles. The lowest BCUT2D eigenvalue weighted by Gasteiger charge is -2.44. The average molecular weight is 454 g/mol. The van der Waals surface area contributed by atoms with Crippen LogP contribution >= 0.6 is 15.9 Å². The maximum Gasteiger partial charge on any atom is 0.410 e. The molecule has 0 aliphatic carbocycles. The summed E-state index contributed by atoms with van der Waals surface area (Å²) in [7, 11) is 1.29. The SMILES string of the molecule is COC(=O)c1cc(Br)c2c(c1)C(=O)CC1(CCN(C(=O)OC(C)(C)C)CC1)O2. The van der Waals surface area contributed by atoms with Gasteiger partial charge < -0.3 is 19.1 Å². The maximum atomic E-state index is 12.8. The molecule has 0 radical (unpaired) electrons. The lowest BCUT2D eigenvalue weighted by molar-refractivity contribution is -0.0229. The van der Waals surface area contributed by atoms with Crippen LogP contribution in [0.4, 0.5) is 4.79 Å². The third-order valence-electron chi connectivity index (χ3n) is 4.89. The second-order valence-corrected chi connectivity index (χ2v) is 9.03. The highest BCUT2D eigenvalue weighted by Gasteiger charge is 2.45. The number of fused-ring (bicyclic) bond motifs is 1. The quantitative estimate of drug-likeness (QED) is 0.598. The topological polar surface area (TPSA) is 82.1 Å². The molecule has 28 heavy (non-hydrogen) atoms. The Bertz CT molecular complexity index is 821. The lowest BCUT2D eigenvalue weighted by atomic mass is 9.82. The lowest BCUT2D eigenvalue weighted by Crippen LogP contribution is -2.53. The van der Waals surface area contributed by atoms with Gasteiger partial charge in [0.25, 0.3) is 0 Å². The first kappa shape index (κ1) is 20.6. The van der Waals surface area contributed by atoms with Crippen LogP contribution in [0, 0.1) is 0 Å². The van der Waals surface area contributed by atoms with E-state index in [1.165, 1.54) is 13.2 Å². The number of hydrogen-bond acceptors (Lipinski definition) is 6. The third kappa shape index (κ3) is 4.16. The molecule has 2 aliphatic heterocycles. The number of nitrogens with zero attached hydrogens (tertiary/aromatic N) is 1. The van der Waals surface area contributed by atoms with Crippen molar-refractivity contribution in [3.8, 4) is 5.75 Å². The van der Waals surface area contributed by atoms with Crippen molar-refractivity contribution in [3.05, 3.63) is 27.7 Å². The van der Waals surface area contributed by atoms with E-state index in [2.05, 4.69) is 15.9 Å². The number of amides is 1. The molecule has 1 amide bonds. The summed E-state index contributed by atoms with van der Waals surface area (Å²) in [5, 5.41) is 0. The molecular formula is C20H24BrNO6. The fourth-order valence-electron chi connectivity index (χ4n) is 3.48. The first-order chi connectivity index (χ1) is 13.0. The molecule has 1 saturated heterocycles. The predicted octanol–water partition coefficient (Wildman–Crippen LogP) is 3.97. The highest BCUT2D eigenvalue weighted by molar-refractivity contribution is 9.10. The summed E-state index contributed by atoms with van der Waals surface area (Å²) in [4.78, 5) is 38.6. The van der Waals surface area contributed by atoms with Crippen LogP contribution in [0.25, 0.3) is 0 Å². The standard InChI is InChI=1S/C20H24BrNO6/c1-19(2,3)28-18(25)22-7-5-20(6-8-22)11-15(23)13-9-12(17(24)26-4)10-14(21)16(13)27-20/h9-10H,5-8,11H2,1-4H3. The van der Waals surface area contributed by atoms with Crippen LogP contribution < -0.4 is 4.74 Å². The summed E-state index contributed by atoms with van der Waals surface area (Å²) in [6.07, 6.45) is 0.915. The van der Waals surface area contributed by atoms with Crippen molar-refractivity contribution < 1.29 is 28.6 Å². The van der Waals surface area contributed by atoms with Crippen LogP contribution in [0.5, 0.6) is 5.75 Å². The molecule has 152 valence electrons. The normalized spacial score (nSPS) is 18.3. The number of halogens is 1. The number of piperidine rings is 1. The number of Topliss-reactive ketones (excluding diaryl/α,β-unsaturated/α-hetero) is 1. The van der Waals surface area contributed by atoms with Crippen LogP contribution in [-0.2, 0) is 9.47 Å². The van der Waals surface area contributed by atoms with Crippen molar-refractivity contribution in [1.82, 2.24) is 4.90 Å². The van der Waals surface area contributed by atoms with Crippen LogP contribution in [0.3, 0.4) is 0 Å². The van der Waals surface area contributed by atoms with Crippen LogP contribution in [0.1, 0.15) is 60.7 Å². The first-order valence-corrected chi connectivity index (χ1v) is 9.95. The van der Waals surface area contributed by atoms with E-state index in [0.29, 0.717) is 47.3 Å². The maximum absolute atomic E-state index is 12.8. The van der Waals surface area contributed by atoms with Crippen LogP contribution in [-0.4, -0.2) is 54.1 Å². The number of ketones is 1. The molecule has 0 N–H and O–H groups in total. The van der Waals surface area contributed by atoms with Gasteiger partial charge in [-0.15, -0.1) is 0 Å². The molecule has 2 heterocycles. The largest absolute Gasteiger partial charge is 0.485 e. The molecule has 0 unspecified atom stereocenters. The Morgan fingerprint density at radius 1 is 1.21 bits per heavy atom. The fraction of sp³-hybridized carbons (Fsp3) is 0.550. The number of benzene rings is 1. The molecular weight excluding hydrogens is 430 g/mol. The summed E-state index contributed by atoms with van der Waals surface area (Å²) in [5.74, 6) is -0.157. The highest BCUT2D eigenvalue weighted by atomic mass is 79.9. The van der Waals surface area contributed by atoms with E-state index in [4.69, 9.17) is 14.2 Å². The van der Waals surface area contributed by atoms with Crippen molar-refractivity contribution in [3.63, 3.8) is 0 Å². The van der Waals surface area contributed by atoms with E-state index in [1.807, 2.05) is 20.8 Å². The van der Waals surface area contributed by atoms with Gasteiger partial charge in [-0.25, -0.2) is 9.59 Å². The molecule has 0 aromatic heterocycles. The van der Waals surface area contributed by atoms with E-state index in [1.54, 1.807) is 11.0 Å². The van der Waals surface area contributed by atoms with E-state index in [9.17, 15) is 14.4 Å². The number of rotatable bonds is 1. The van der Waals surface area contributed by atoms with Crippen LogP contribution in [0.2, 0.25) is 0 Å². The monoisotopic (exact) mass is 453 g/mol. The Balaban J connectivity index is 1.77. The molecule has 1 fully saturated rings. The van der Waals surface area contributed by atoms with Crippen molar-refractivity contribution in [2.75, 3.05) is 20.2 Å². The van der Waals surface area contributed by atoms with Gasteiger partial charge in [-0.3, -0.25) is 4.79 Å². The third-order valence-corrected chi connectivity index (χ3v) is 5.48. The van der Waals surface area contributed by atoms with Gasteiger partial charge in [-0.2, -0.15) is 0 Å². The first-order valence-electron chi connectivity index (χ1n) is 9.16. The van der Waals surface area contributed by atoms with Crippen molar-refractivity contribution in [1.29, 1.82) is 0 Å². The van der Waals surface area contributed by atoms with Gasteiger partial charge >= 0.3 is 12.1 Å². The molecule has 8 heteroatoms. The van der Waals surface area contributed by atoms with Gasteiger partial charge in [0.2, 0.25) is 0 Å². The molecule has 7 nitrogen and oxygen atoms in total. The summed E-state index contributed by atoms with van der Waals surface area (Å²) in [5.41, 5.74) is -0.543. The molecule has 2 aliphatic rings. The average Bonchev–Trinajstić information content (AvgIpc) is 2.61. The van der Waals surface area contributed by atoms with Crippen molar-refractivity contribution in [2.24, 2.45) is 0 Å². The number of esters is 1. The number of carbonyl (C=O) groups excluding carboxylic acids is 3. The van der Waals surface area contributed by atoms with Gasteiger partial charge in [0.1, 0.15) is 17.0 Å². The van der Waals surface area contributed by atoms with Crippen LogP contribution in [0.15, 0.2) is 16.6 Å². The number of carbonyl (C=O) groups is 3. The highest BCUT2D eigenvalue weighted by Crippen LogP contribution is 2.43. The summed E-state index contributed by atoms with van der Waals surface area (Å²) in [6, 6.07) is 3.10. The molecule has 0 bridgehead atoms. The Morgan fingerprint density at radius 2 is 1.86 bits per heavy atom. The number of likely N-dealkylation sites (tertiary alicyclic amines) is 1. The summed E-state index contributed by atoms with van der Waals surface area (Å²) < 4.78 is 17.0. The Labute approximate surface area is 172 Å². The molecule has 1 spiro atoms. The van der Waals surface area contributed by atoms with Gasteiger partial charge in [0, 0.05) is 25.9 Å². The Hall–Kier alpha value is -2.09. The van der Waals surface area contributed by atoms with Gasteiger partial charge in [0.05, 0.1) is 29.1 Å².